The highest BCUT2D eigenvalue weighted by molar-refractivity contribution is 14.0. The van der Waals surface area contributed by atoms with E-state index in [-0.39, 0.29) is 35.5 Å². The molecule has 0 aliphatic carbocycles. The topological polar surface area (TPSA) is 73.8 Å². The molecule has 0 atom stereocenters. The van der Waals surface area contributed by atoms with Crippen molar-refractivity contribution >= 4 is 39.8 Å². The predicted molar refractivity (Wildman–Crippen MR) is 135 cm³/mol. The molecule has 6 nitrogen and oxygen atoms in total. The first-order valence-electron chi connectivity index (χ1n) is 10.3. The van der Waals surface area contributed by atoms with Crippen molar-refractivity contribution in [2.24, 2.45) is 4.99 Å². The van der Waals surface area contributed by atoms with Crippen LogP contribution in [-0.2, 0) is 15.6 Å². The van der Waals surface area contributed by atoms with Gasteiger partial charge in [-0.1, -0.05) is 30.3 Å². The van der Waals surface area contributed by atoms with Crippen molar-refractivity contribution in [2.45, 2.75) is 58.9 Å². The molecule has 8 heteroatoms. The van der Waals surface area contributed by atoms with Crippen molar-refractivity contribution < 1.29 is 8.42 Å². The average molecular weight is 539 g/mol. The lowest BCUT2D eigenvalue weighted by molar-refractivity contribution is 0.178. The van der Waals surface area contributed by atoms with Gasteiger partial charge in [0.05, 0.1) is 11.5 Å². The van der Waals surface area contributed by atoms with Gasteiger partial charge in [0.15, 0.2) is 15.8 Å². The van der Waals surface area contributed by atoms with Crippen LogP contribution in [0, 0.1) is 0 Å². The predicted octanol–water partition coefficient (Wildman–Crippen LogP) is 3.28. The van der Waals surface area contributed by atoms with Crippen molar-refractivity contribution in [1.29, 1.82) is 0 Å². The Bertz CT molecular complexity index is 671. The molecule has 1 aromatic carbocycles. The standard InChI is InChI=1S/C21H38N4O2S.HI/c1-6-22-21(24-14-15-25(18(2)3)19(4)5)23-13-10-16-28(26,27)17-20-11-8-7-9-12-20;/h7-9,11-12,18-19H,6,10,13-17H2,1-5H3,(H2,22,23,24);1H. The Balaban J connectivity index is 0.00000784. The van der Waals surface area contributed by atoms with E-state index in [9.17, 15) is 8.42 Å². The van der Waals surface area contributed by atoms with Crippen LogP contribution >= 0.6 is 24.0 Å². The second-order valence-electron chi connectivity index (χ2n) is 7.54. The molecule has 0 aliphatic rings. The smallest absolute Gasteiger partial charge is 0.191 e. The number of nitrogens with zero attached hydrogens (tertiary/aromatic N) is 2. The van der Waals surface area contributed by atoms with Crippen LogP contribution in [0.2, 0.25) is 0 Å². The van der Waals surface area contributed by atoms with Crippen molar-refractivity contribution in [2.75, 3.05) is 31.9 Å². The Labute approximate surface area is 194 Å². The van der Waals surface area contributed by atoms with Gasteiger partial charge in [0, 0.05) is 38.3 Å². The molecule has 1 rings (SSSR count). The molecule has 0 aromatic heterocycles. The summed E-state index contributed by atoms with van der Waals surface area (Å²) in [5.41, 5.74) is 0.834. The van der Waals surface area contributed by atoms with Gasteiger partial charge in [-0.15, -0.1) is 24.0 Å². The van der Waals surface area contributed by atoms with Gasteiger partial charge in [-0.2, -0.15) is 0 Å². The SMILES string of the molecule is CCNC(=NCCCS(=O)(=O)Cc1ccccc1)NCCN(C(C)C)C(C)C.I. The molecular formula is C21H39IN4O2S. The van der Waals surface area contributed by atoms with Gasteiger partial charge in [-0.05, 0) is 46.6 Å². The van der Waals surface area contributed by atoms with E-state index >= 15 is 0 Å². The zero-order valence-electron chi connectivity index (χ0n) is 18.5. The third kappa shape index (κ3) is 12.4. The summed E-state index contributed by atoms with van der Waals surface area (Å²) >= 11 is 0. The van der Waals surface area contributed by atoms with Crippen LogP contribution in [0.1, 0.15) is 46.6 Å². The Morgan fingerprint density at radius 3 is 2.24 bits per heavy atom. The van der Waals surface area contributed by atoms with Gasteiger partial charge in [0.1, 0.15) is 0 Å². The normalized spacial score (nSPS) is 12.3. The molecule has 0 fully saturated rings. The minimum Gasteiger partial charge on any atom is -0.357 e. The Hall–Kier alpha value is -0.870. The first kappa shape index (κ1) is 28.1. The minimum absolute atomic E-state index is 0. The van der Waals surface area contributed by atoms with Crippen LogP contribution in [0.25, 0.3) is 0 Å². The van der Waals surface area contributed by atoms with Crippen molar-refractivity contribution in [3.8, 4) is 0 Å². The highest BCUT2D eigenvalue weighted by Crippen LogP contribution is 2.07. The molecule has 29 heavy (non-hydrogen) atoms. The monoisotopic (exact) mass is 538 g/mol. The maximum Gasteiger partial charge on any atom is 0.191 e. The molecule has 0 unspecified atom stereocenters. The summed E-state index contributed by atoms with van der Waals surface area (Å²) in [5, 5.41) is 6.57. The Morgan fingerprint density at radius 2 is 1.69 bits per heavy atom. The fraction of sp³-hybridized carbons (Fsp3) is 0.667. The van der Waals surface area contributed by atoms with Gasteiger partial charge in [0.25, 0.3) is 0 Å². The molecule has 0 saturated heterocycles. The largest absolute Gasteiger partial charge is 0.357 e. The number of rotatable bonds is 12. The lowest BCUT2D eigenvalue weighted by Gasteiger charge is -2.30. The molecule has 0 saturated carbocycles. The molecule has 1 aromatic rings. The summed E-state index contributed by atoms with van der Waals surface area (Å²) in [5.74, 6) is 0.991. The van der Waals surface area contributed by atoms with E-state index in [2.05, 4.69) is 48.2 Å². The van der Waals surface area contributed by atoms with E-state index in [1.54, 1.807) is 0 Å². The van der Waals surface area contributed by atoms with Crippen molar-refractivity contribution in [3.63, 3.8) is 0 Å². The fourth-order valence-electron chi connectivity index (χ4n) is 3.13. The van der Waals surface area contributed by atoms with Gasteiger partial charge < -0.3 is 10.6 Å². The van der Waals surface area contributed by atoms with Crippen molar-refractivity contribution in [3.05, 3.63) is 35.9 Å². The van der Waals surface area contributed by atoms with E-state index in [4.69, 9.17) is 0 Å². The molecule has 0 aliphatic heterocycles. The van der Waals surface area contributed by atoms with E-state index < -0.39 is 9.84 Å². The molecule has 0 amide bonds. The lowest BCUT2D eigenvalue weighted by atomic mass is 10.2. The van der Waals surface area contributed by atoms with E-state index in [0.29, 0.717) is 25.0 Å². The number of hydrogen-bond acceptors (Lipinski definition) is 4. The molecule has 0 radical (unpaired) electrons. The van der Waals surface area contributed by atoms with Crippen LogP contribution in [0.5, 0.6) is 0 Å². The number of aliphatic imine (C=N–C) groups is 1. The average Bonchev–Trinajstić information content (AvgIpc) is 2.62. The number of nitrogens with one attached hydrogen (secondary N) is 2. The highest BCUT2D eigenvalue weighted by atomic mass is 127. The van der Waals surface area contributed by atoms with E-state index in [1.165, 1.54) is 0 Å². The van der Waals surface area contributed by atoms with Crippen LogP contribution < -0.4 is 10.6 Å². The first-order valence-corrected chi connectivity index (χ1v) is 12.1. The number of sulfone groups is 1. The quantitative estimate of drug-likeness (QED) is 0.185. The maximum atomic E-state index is 12.3. The maximum absolute atomic E-state index is 12.3. The third-order valence-electron chi connectivity index (χ3n) is 4.45. The molecule has 168 valence electrons. The highest BCUT2D eigenvalue weighted by Gasteiger charge is 2.13. The van der Waals surface area contributed by atoms with Crippen molar-refractivity contribution in [1.82, 2.24) is 15.5 Å². The summed E-state index contributed by atoms with van der Waals surface area (Å²) in [4.78, 5) is 6.94. The second kappa shape index (κ2) is 15.0. The van der Waals surface area contributed by atoms with Gasteiger partial charge >= 0.3 is 0 Å². The number of hydrogen-bond donors (Lipinski definition) is 2. The molecular weight excluding hydrogens is 499 g/mol. The molecule has 0 bridgehead atoms. The van der Waals surface area contributed by atoms with Crippen LogP contribution in [0.4, 0.5) is 0 Å². The van der Waals surface area contributed by atoms with Gasteiger partial charge in [-0.3, -0.25) is 9.89 Å². The number of benzene rings is 1. The third-order valence-corrected chi connectivity index (χ3v) is 6.13. The summed E-state index contributed by atoms with van der Waals surface area (Å²) < 4.78 is 24.5. The van der Waals surface area contributed by atoms with Crippen LogP contribution in [0.3, 0.4) is 0 Å². The zero-order valence-corrected chi connectivity index (χ0v) is 21.7. The van der Waals surface area contributed by atoms with Gasteiger partial charge in [0.2, 0.25) is 0 Å². The lowest BCUT2D eigenvalue weighted by Crippen LogP contribution is -2.45. The number of guanidine groups is 1. The molecule has 0 heterocycles. The summed E-state index contributed by atoms with van der Waals surface area (Å²) in [6, 6.07) is 10.3. The molecule has 0 spiro atoms. The summed E-state index contributed by atoms with van der Waals surface area (Å²) in [6.45, 7) is 13.8. The summed E-state index contributed by atoms with van der Waals surface area (Å²) in [6.07, 6.45) is 0.524. The zero-order chi connectivity index (χ0) is 21.0. The van der Waals surface area contributed by atoms with E-state index in [1.807, 2.05) is 37.3 Å². The van der Waals surface area contributed by atoms with Crippen LogP contribution in [0.15, 0.2) is 35.3 Å². The number of halogens is 1. The minimum atomic E-state index is -3.11. The second-order valence-corrected chi connectivity index (χ2v) is 9.73. The van der Waals surface area contributed by atoms with Gasteiger partial charge in [-0.25, -0.2) is 8.42 Å². The Kier molecular flexibility index (Phi) is 14.6. The Morgan fingerprint density at radius 1 is 1.07 bits per heavy atom. The first-order chi connectivity index (χ1) is 13.2. The van der Waals surface area contributed by atoms with Crippen LogP contribution in [-0.4, -0.2) is 63.3 Å². The van der Waals surface area contributed by atoms with E-state index in [0.717, 1.165) is 31.2 Å². The summed E-state index contributed by atoms with van der Waals surface area (Å²) in [7, 11) is -3.11. The fourth-order valence-corrected chi connectivity index (χ4v) is 4.55. The molecule has 2 N–H and O–H groups in total.